The molecule has 0 atom stereocenters. The van der Waals surface area contributed by atoms with Gasteiger partial charge in [0.25, 0.3) is 0 Å². The lowest BCUT2D eigenvalue weighted by atomic mass is 10.1. The normalized spacial score (nSPS) is 11.4. The van der Waals surface area contributed by atoms with Gasteiger partial charge in [-0.3, -0.25) is 0 Å². The van der Waals surface area contributed by atoms with E-state index in [1.807, 2.05) is 18.2 Å². The fourth-order valence-electron chi connectivity index (χ4n) is 2.80. The SMILES string of the molecule is CCNC(=NCc1ccc(CN(C)C)cc1)NCc1ccc(OC)cc1OC. The lowest BCUT2D eigenvalue weighted by Crippen LogP contribution is -2.36. The fourth-order valence-corrected chi connectivity index (χ4v) is 2.80. The maximum absolute atomic E-state index is 5.46. The first-order valence-electron chi connectivity index (χ1n) is 9.51. The zero-order valence-electron chi connectivity index (χ0n) is 17.6. The van der Waals surface area contributed by atoms with Gasteiger partial charge in [0.05, 0.1) is 20.8 Å². The molecule has 0 bridgehead atoms. The van der Waals surface area contributed by atoms with Gasteiger partial charge in [-0.25, -0.2) is 4.99 Å². The Labute approximate surface area is 168 Å². The Morgan fingerprint density at radius 1 is 0.964 bits per heavy atom. The van der Waals surface area contributed by atoms with Crippen molar-refractivity contribution in [1.82, 2.24) is 15.5 Å². The molecule has 6 heteroatoms. The van der Waals surface area contributed by atoms with Gasteiger partial charge in [0.2, 0.25) is 0 Å². The third kappa shape index (κ3) is 6.78. The van der Waals surface area contributed by atoms with E-state index in [2.05, 4.69) is 60.8 Å². The number of hydrogen-bond donors (Lipinski definition) is 2. The van der Waals surface area contributed by atoms with Crippen LogP contribution in [0.5, 0.6) is 11.5 Å². The predicted molar refractivity (Wildman–Crippen MR) is 115 cm³/mol. The minimum atomic E-state index is 0.612. The molecule has 28 heavy (non-hydrogen) atoms. The summed E-state index contributed by atoms with van der Waals surface area (Å²) in [6, 6.07) is 14.4. The first kappa shape index (κ1) is 21.6. The van der Waals surface area contributed by atoms with Crippen LogP contribution in [0.1, 0.15) is 23.6 Å². The Morgan fingerprint density at radius 2 is 1.68 bits per heavy atom. The van der Waals surface area contributed by atoms with Crippen LogP contribution < -0.4 is 20.1 Å². The number of ether oxygens (including phenoxy) is 2. The average molecular weight is 385 g/mol. The summed E-state index contributed by atoms with van der Waals surface area (Å²) in [7, 11) is 7.46. The van der Waals surface area contributed by atoms with Crippen LogP contribution in [0.25, 0.3) is 0 Å². The van der Waals surface area contributed by atoms with Crippen molar-refractivity contribution in [1.29, 1.82) is 0 Å². The number of rotatable bonds is 9. The summed E-state index contributed by atoms with van der Waals surface area (Å²) < 4.78 is 10.7. The number of methoxy groups -OCH3 is 2. The van der Waals surface area contributed by atoms with Crippen LogP contribution in [-0.2, 0) is 19.6 Å². The quantitative estimate of drug-likeness (QED) is 0.514. The molecule has 0 saturated carbocycles. The van der Waals surface area contributed by atoms with Gasteiger partial charge in [-0.1, -0.05) is 24.3 Å². The third-order valence-corrected chi connectivity index (χ3v) is 4.23. The Morgan fingerprint density at radius 3 is 2.29 bits per heavy atom. The molecule has 0 amide bonds. The first-order chi connectivity index (χ1) is 13.5. The third-order valence-electron chi connectivity index (χ3n) is 4.23. The molecule has 6 nitrogen and oxygen atoms in total. The minimum absolute atomic E-state index is 0.612. The number of hydrogen-bond acceptors (Lipinski definition) is 4. The summed E-state index contributed by atoms with van der Waals surface area (Å²) in [5.74, 6) is 2.34. The van der Waals surface area contributed by atoms with Gasteiger partial charge < -0.3 is 25.0 Å². The van der Waals surface area contributed by atoms with Crippen LogP contribution in [0.2, 0.25) is 0 Å². The van der Waals surface area contributed by atoms with Crippen LogP contribution in [0.3, 0.4) is 0 Å². The van der Waals surface area contributed by atoms with Gasteiger partial charge in [-0.05, 0) is 44.3 Å². The molecular weight excluding hydrogens is 352 g/mol. The van der Waals surface area contributed by atoms with Crippen LogP contribution in [-0.4, -0.2) is 45.7 Å². The number of benzene rings is 2. The maximum atomic E-state index is 5.46. The molecule has 0 aliphatic heterocycles. The molecular formula is C22H32N4O2. The average Bonchev–Trinajstić information content (AvgIpc) is 2.70. The van der Waals surface area contributed by atoms with Crippen molar-refractivity contribution in [3.8, 4) is 11.5 Å². The molecule has 0 heterocycles. The van der Waals surface area contributed by atoms with E-state index in [1.165, 1.54) is 11.1 Å². The Bertz CT molecular complexity index is 758. The Kier molecular flexibility index (Phi) is 8.62. The van der Waals surface area contributed by atoms with Crippen molar-refractivity contribution in [2.24, 2.45) is 4.99 Å². The van der Waals surface area contributed by atoms with Gasteiger partial charge in [0.1, 0.15) is 11.5 Å². The van der Waals surface area contributed by atoms with Crippen molar-refractivity contribution >= 4 is 5.96 Å². The molecule has 0 radical (unpaired) electrons. The lowest BCUT2D eigenvalue weighted by molar-refractivity contribution is 0.390. The lowest BCUT2D eigenvalue weighted by Gasteiger charge is -2.14. The summed E-state index contributed by atoms with van der Waals surface area (Å²) in [5.41, 5.74) is 3.53. The largest absolute Gasteiger partial charge is 0.497 e. The van der Waals surface area contributed by atoms with Crippen molar-refractivity contribution in [3.05, 3.63) is 59.2 Å². The summed E-state index contributed by atoms with van der Waals surface area (Å²) >= 11 is 0. The monoisotopic (exact) mass is 384 g/mol. The van der Waals surface area contributed by atoms with Gasteiger partial charge in [0.15, 0.2) is 5.96 Å². The topological polar surface area (TPSA) is 58.1 Å². The predicted octanol–water partition coefficient (Wildman–Crippen LogP) is 3.02. The minimum Gasteiger partial charge on any atom is -0.497 e. The molecule has 0 spiro atoms. The number of nitrogens with zero attached hydrogens (tertiary/aromatic N) is 2. The molecule has 2 aromatic rings. The van der Waals surface area contributed by atoms with Crippen molar-refractivity contribution < 1.29 is 9.47 Å². The standard InChI is InChI=1S/C22H32N4O2/c1-6-23-22(24-14-17-7-9-18(10-8-17)16-26(2)3)25-15-19-11-12-20(27-4)13-21(19)28-5/h7-13H,6,14-16H2,1-5H3,(H2,23,24,25). The van der Waals surface area contributed by atoms with Crippen molar-refractivity contribution in [2.75, 3.05) is 34.9 Å². The summed E-state index contributed by atoms with van der Waals surface area (Å²) in [6.07, 6.45) is 0. The molecule has 2 aromatic carbocycles. The summed E-state index contributed by atoms with van der Waals surface area (Å²) in [6.45, 7) is 5.03. The van der Waals surface area contributed by atoms with E-state index in [4.69, 9.17) is 14.5 Å². The molecule has 152 valence electrons. The van der Waals surface area contributed by atoms with Gasteiger partial charge in [0, 0.05) is 31.3 Å². The number of aliphatic imine (C=N–C) groups is 1. The van der Waals surface area contributed by atoms with E-state index in [1.54, 1.807) is 14.2 Å². The summed E-state index contributed by atoms with van der Waals surface area (Å²) in [5, 5.41) is 6.66. The molecule has 0 fully saturated rings. The molecule has 0 aromatic heterocycles. The zero-order valence-corrected chi connectivity index (χ0v) is 17.6. The van der Waals surface area contributed by atoms with E-state index < -0.39 is 0 Å². The van der Waals surface area contributed by atoms with E-state index in [0.717, 1.165) is 36.1 Å². The fraction of sp³-hybridized carbons (Fsp3) is 0.409. The first-order valence-corrected chi connectivity index (χ1v) is 9.51. The number of guanidine groups is 1. The van der Waals surface area contributed by atoms with Gasteiger partial charge >= 0.3 is 0 Å². The van der Waals surface area contributed by atoms with E-state index >= 15 is 0 Å². The molecule has 2 rings (SSSR count). The highest BCUT2D eigenvalue weighted by atomic mass is 16.5. The van der Waals surface area contributed by atoms with Crippen molar-refractivity contribution in [2.45, 2.75) is 26.6 Å². The summed E-state index contributed by atoms with van der Waals surface area (Å²) in [4.78, 5) is 6.86. The zero-order chi connectivity index (χ0) is 20.4. The molecule has 0 saturated heterocycles. The second kappa shape index (κ2) is 11.2. The van der Waals surface area contributed by atoms with Crippen LogP contribution >= 0.6 is 0 Å². The molecule has 0 unspecified atom stereocenters. The number of nitrogens with one attached hydrogen (secondary N) is 2. The van der Waals surface area contributed by atoms with Crippen LogP contribution in [0.4, 0.5) is 0 Å². The van der Waals surface area contributed by atoms with Crippen LogP contribution in [0, 0.1) is 0 Å². The highest BCUT2D eigenvalue weighted by Gasteiger charge is 2.06. The molecule has 2 N–H and O–H groups in total. The van der Waals surface area contributed by atoms with E-state index in [-0.39, 0.29) is 0 Å². The highest BCUT2D eigenvalue weighted by molar-refractivity contribution is 5.79. The van der Waals surface area contributed by atoms with Gasteiger partial charge in [-0.2, -0.15) is 0 Å². The van der Waals surface area contributed by atoms with Gasteiger partial charge in [-0.15, -0.1) is 0 Å². The second-order valence-corrected chi connectivity index (χ2v) is 6.78. The molecule has 0 aliphatic carbocycles. The Hall–Kier alpha value is -2.73. The highest BCUT2D eigenvalue weighted by Crippen LogP contribution is 2.24. The second-order valence-electron chi connectivity index (χ2n) is 6.78. The van der Waals surface area contributed by atoms with E-state index in [9.17, 15) is 0 Å². The Balaban J connectivity index is 2.00. The smallest absolute Gasteiger partial charge is 0.191 e. The van der Waals surface area contributed by atoms with Crippen LogP contribution in [0.15, 0.2) is 47.5 Å². The van der Waals surface area contributed by atoms with E-state index in [0.29, 0.717) is 13.1 Å². The van der Waals surface area contributed by atoms with Crippen molar-refractivity contribution in [3.63, 3.8) is 0 Å². The molecule has 0 aliphatic rings. The maximum Gasteiger partial charge on any atom is 0.191 e.